The molecule has 0 aromatic heterocycles. The second-order valence-corrected chi connectivity index (χ2v) is 9.16. The maximum absolute atomic E-state index is 12.6. The first kappa shape index (κ1) is 16.1. The molecule has 1 heterocycles. The second-order valence-electron chi connectivity index (χ2n) is 5.42. The molecule has 9 heteroatoms. The van der Waals surface area contributed by atoms with Crippen LogP contribution in [0.15, 0.2) is 23.1 Å². The highest BCUT2D eigenvalue weighted by atomic mass is 32.2. The average molecular weight is 331 g/mol. The number of anilines is 1. The summed E-state index contributed by atoms with van der Waals surface area (Å²) in [5.41, 5.74) is 5.14. The first-order valence-corrected chi connectivity index (χ1v) is 8.74. The molecule has 1 fully saturated rings. The summed E-state index contributed by atoms with van der Waals surface area (Å²) in [6.07, 6.45) is 0. The molecule has 116 valence electrons. The van der Waals surface area contributed by atoms with Crippen molar-refractivity contribution in [1.82, 2.24) is 4.31 Å². The second kappa shape index (κ2) is 5.47. The smallest absolute Gasteiger partial charge is 0.292 e. The SMILES string of the molecule is CC1(C)CN(S(=O)(=O)c2ccc([N+](=O)[O-])c(N)c2)CCS1. The van der Waals surface area contributed by atoms with E-state index in [1.807, 2.05) is 13.8 Å². The van der Waals surface area contributed by atoms with E-state index in [-0.39, 0.29) is 21.0 Å². The summed E-state index contributed by atoms with van der Waals surface area (Å²) in [6.45, 7) is 4.80. The molecule has 1 saturated heterocycles. The fourth-order valence-corrected chi connectivity index (χ4v) is 5.13. The number of nitrogens with zero attached hydrogens (tertiary/aromatic N) is 2. The van der Waals surface area contributed by atoms with Crippen molar-refractivity contribution in [3.63, 3.8) is 0 Å². The van der Waals surface area contributed by atoms with Gasteiger partial charge in [-0.3, -0.25) is 10.1 Å². The van der Waals surface area contributed by atoms with Crippen LogP contribution in [0.25, 0.3) is 0 Å². The molecule has 0 atom stereocenters. The van der Waals surface area contributed by atoms with E-state index >= 15 is 0 Å². The quantitative estimate of drug-likeness (QED) is 0.513. The van der Waals surface area contributed by atoms with Gasteiger partial charge in [0.05, 0.1) is 9.82 Å². The molecule has 1 aromatic carbocycles. The molecule has 1 aromatic rings. The molecule has 0 amide bonds. The van der Waals surface area contributed by atoms with Crippen molar-refractivity contribution in [2.24, 2.45) is 0 Å². The van der Waals surface area contributed by atoms with Crippen LogP contribution in [0.4, 0.5) is 11.4 Å². The van der Waals surface area contributed by atoms with E-state index in [9.17, 15) is 18.5 Å². The van der Waals surface area contributed by atoms with Crippen LogP contribution < -0.4 is 5.73 Å². The molecule has 0 aliphatic carbocycles. The van der Waals surface area contributed by atoms with E-state index < -0.39 is 14.9 Å². The monoisotopic (exact) mass is 331 g/mol. The fraction of sp³-hybridized carbons (Fsp3) is 0.500. The van der Waals surface area contributed by atoms with Gasteiger partial charge in [-0.1, -0.05) is 0 Å². The molecule has 0 bridgehead atoms. The molecule has 2 N–H and O–H groups in total. The molecule has 1 aliphatic heterocycles. The van der Waals surface area contributed by atoms with Crippen molar-refractivity contribution >= 4 is 33.2 Å². The highest BCUT2D eigenvalue weighted by Crippen LogP contribution is 2.33. The van der Waals surface area contributed by atoms with Crippen molar-refractivity contribution < 1.29 is 13.3 Å². The molecule has 0 spiro atoms. The minimum absolute atomic E-state index is 0.00620. The van der Waals surface area contributed by atoms with Gasteiger partial charge in [-0.2, -0.15) is 16.1 Å². The number of benzene rings is 1. The van der Waals surface area contributed by atoms with Gasteiger partial charge >= 0.3 is 0 Å². The van der Waals surface area contributed by atoms with Crippen LogP contribution in [0, 0.1) is 10.1 Å². The standard InChI is InChI=1S/C12H17N3O4S2/c1-12(2)8-14(5-6-20-12)21(18,19)9-3-4-11(15(16)17)10(13)7-9/h3-4,7H,5-6,8,13H2,1-2H3. The summed E-state index contributed by atoms with van der Waals surface area (Å²) in [5, 5.41) is 10.7. The Hall–Kier alpha value is -1.32. The first-order chi connectivity index (χ1) is 9.63. The average Bonchev–Trinajstić information content (AvgIpc) is 2.36. The minimum atomic E-state index is -3.68. The van der Waals surface area contributed by atoms with Crippen LogP contribution in [-0.2, 0) is 10.0 Å². The Kier molecular flexibility index (Phi) is 4.18. The van der Waals surface area contributed by atoms with Gasteiger partial charge in [0, 0.05) is 29.7 Å². The zero-order valence-electron chi connectivity index (χ0n) is 11.8. The lowest BCUT2D eigenvalue weighted by atomic mass is 10.2. The molecule has 2 rings (SSSR count). The van der Waals surface area contributed by atoms with Crippen molar-refractivity contribution in [3.8, 4) is 0 Å². The van der Waals surface area contributed by atoms with E-state index in [0.717, 1.165) is 12.1 Å². The van der Waals surface area contributed by atoms with Crippen LogP contribution >= 0.6 is 11.8 Å². The Morgan fingerprint density at radius 2 is 2.10 bits per heavy atom. The largest absolute Gasteiger partial charge is 0.393 e. The van der Waals surface area contributed by atoms with E-state index in [1.54, 1.807) is 11.8 Å². The van der Waals surface area contributed by atoms with Gasteiger partial charge in [-0.05, 0) is 26.0 Å². The van der Waals surface area contributed by atoms with Gasteiger partial charge < -0.3 is 5.73 Å². The Balaban J connectivity index is 2.36. The van der Waals surface area contributed by atoms with Gasteiger partial charge in [0.25, 0.3) is 5.69 Å². The topological polar surface area (TPSA) is 107 Å². The van der Waals surface area contributed by atoms with E-state index in [1.165, 1.54) is 10.4 Å². The number of nitrogen functional groups attached to an aromatic ring is 1. The summed E-state index contributed by atoms with van der Waals surface area (Å²) < 4.78 is 26.5. The van der Waals surface area contributed by atoms with Gasteiger partial charge in [0.1, 0.15) is 5.69 Å². The van der Waals surface area contributed by atoms with Crippen LogP contribution in [0.2, 0.25) is 0 Å². The van der Waals surface area contributed by atoms with E-state index in [4.69, 9.17) is 5.73 Å². The molecule has 0 saturated carbocycles. The van der Waals surface area contributed by atoms with Crippen LogP contribution in [0.3, 0.4) is 0 Å². The van der Waals surface area contributed by atoms with Crippen molar-refractivity contribution in [3.05, 3.63) is 28.3 Å². The Bertz CT molecular complexity index is 673. The Labute approximate surface area is 127 Å². The number of nitro benzene ring substituents is 1. The fourth-order valence-electron chi connectivity index (χ4n) is 2.19. The third kappa shape index (κ3) is 3.30. The number of hydrogen-bond acceptors (Lipinski definition) is 6. The van der Waals surface area contributed by atoms with Crippen molar-refractivity contribution in [2.45, 2.75) is 23.5 Å². The zero-order valence-corrected chi connectivity index (χ0v) is 13.4. The van der Waals surface area contributed by atoms with Gasteiger partial charge in [0.2, 0.25) is 10.0 Å². The summed E-state index contributed by atoms with van der Waals surface area (Å²) in [5.74, 6) is 0.717. The number of hydrogen-bond donors (Lipinski definition) is 1. The minimum Gasteiger partial charge on any atom is -0.393 e. The predicted molar refractivity (Wildman–Crippen MR) is 82.8 cm³/mol. The lowest BCUT2D eigenvalue weighted by molar-refractivity contribution is -0.383. The number of sulfonamides is 1. The molecule has 7 nitrogen and oxygen atoms in total. The lowest BCUT2D eigenvalue weighted by Gasteiger charge is -2.36. The van der Waals surface area contributed by atoms with Crippen LogP contribution in [-0.4, -0.2) is 41.2 Å². The normalized spacial score (nSPS) is 19.3. The maximum Gasteiger partial charge on any atom is 0.292 e. The zero-order chi connectivity index (χ0) is 15.8. The molecule has 1 aliphatic rings. The van der Waals surface area contributed by atoms with Crippen LogP contribution in [0.5, 0.6) is 0 Å². The predicted octanol–water partition coefficient (Wildman–Crippen LogP) is 1.69. The van der Waals surface area contributed by atoms with Crippen LogP contribution in [0.1, 0.15) is 13.8 Å². The number of nitro groups is 1. The van der Waals surface area contributed by atoms with Crippen molar-refractivity contribution in [1.29, 1.82) is 0 Å². The molecule has 0 unspecified atom stereocenters. The van der Waals surface area contributed by atoms with Gasteiger partial charge in [-0.25, -0.2) is 8.42 Å². The Morgan fingerprint density at radius 1 is 1.43 bits per heavy atom. The summed E-state index contributed by atoms with van der Waals surface area (Å²) in [4.78, 5) is 10.1. The third-order valence-corrected chi connectivity index (χ3v) is 6.36. The summed E-state index contributed by atoms with van der Waals surface area (Å²) in [7, 11) is -3.68. The number of rotatable bonds is 3. The van der Waals surface area contributed by atoms with Crippen molar-refractivity contribution in [2.75, 3.05) is 24.6 Å². The van der Waals surface area contributed by atoms with E-state index in [2.05, 4.69) is 0 Å². The highest BCUT2D eigenvalue weighted by molar-refractivity contribution is 8.00. The molecular formula is C12H17N3O4S2. The van der Waals surface area contributed by atoms with Gasteiger partial charge in [0.15, 0.2) is 0 Å². The van der Waals surface area contributed by atoms with E-state index in [0.29, 0.717) is 18.8 Å². The molecular weight excluding hydrogens is 314 g/mol. The molecule has 21 heavy (non-hydrogen) atoms. The summed E-state index contributed by atoms with van der Waals surface area (Å²) in [6, 6.07) is 3.52. The first-order valence-electron chi connectivity index (χ1n) is 6.31. The molecule has 0 radical (unpaired) electrons. The summed E-state index contributed by atoms with van der Waals surface area (Å²) >= 11 is 1.72. The lowest BCUT2D eigenvalue weighted by Crippen LogP contribution is -2.46. The number of nitrogens with two attached hydrogens (primary N) is 1. The highest BCUT2D eigenvalue weighted by Gasteiger charge is 2.35. The van der Waals surface area contributed by atoms with Gasteiger partial charge in [-0.15, -0.1) is 0 Å². The third-order valence-electron chi connectivity index (χ3n) is 3.22. The number of thioether (sulfide) groups is 1. The maximum atomic E-state index is 12.6. The Morgan fingerprint density at radius 3 is 2.62 bits per heavy atom.